The molecule has 0 atom stereocenters. The van der Waals surface area contributed by atoms with Crippen LogP contribution in [0.25, 0.3) is 0 Å². The van der Waals surface area contributed by atoms with E-state index in [1.807, 2.05) is 18.2 Å². The molecule has 0 unspecified atom stereocenters. The Labute approximate surface area is 145 Å². The lowest BCUT2D eigenvalue weighted by Crippen LogP contribution is -2.47. The molecular weight excluding hydrogens is 328 g/mol. The summed E-state index contributed by atoms with van der Waals surface area (Å²) < 4.78 is 2.67. The quantitative estimate of drug-likeness (QED) is 0.832. The molecule has 1 aromatic carbocycles. The fourth-order valence-electron chi connectivity index (χ4n) is 3.00. The second-order valence-corrected chi connectivity index (χ2v) is 6.55. The molecule has 128 valence electrons. The minimum atomic E-state index is -0.282. The maximum atomic E-state index is 12.0. The van der Waals surface area contributed by atoms with Crippen LogP contribution in [0.15, 0.2) is 39.9 Å². The fourth-order valence-corrected chi connectivity index (χ4v) is 3.18. The number of piperazine rings is 1. The first-order chi connectivity index (χ1) is 11.5. The van der Waals surface area contributed by atoms with Crippen molar-refractivity contribution in [2.45, 2.75) is 6.54 Å². The zero-order valence-corrected chi connectivity index (χ0v) is 14.7. The Hall–Kier alpha value is -2.05. The van der Waals surface area contributed by atoms with Gasteiger partial charge in [-0.15, -0.1) is 0 Å². The highest BCUT2D eigenvalue weighted by atomic mass is 35.5. The van der Waals surface area contributed by atoms with Crippen molar-refractivity contribution >= 4 is 17.3 Å². The molecule has 7 heteroatoms. The summed E-state index contributed by atoms with van der Waals surface area (Å²) in [5, 5.41) is 0.741. The van der Waals surface area contributed by atoms with E-state index in [2.05, 4.69) is 15.9 Å². The molecule has 1 aliphatic heterocycles. The standard InChI is InChI=1S/C17H21ClN4O2/c1-19-15(11-16(23)20(2)17(19)24)12-21-6-8-22(9-7-21)14-5-3-4-13(18)10-14/h3-5,10-11H,6-9,12H2,1-2H3. The zero-order chi connectivity index (χ0) is 17.3. The number of benzene rings is 1. The molecule has 1 fully saturated rings. The van der Waals surface area contributed by atoms with Crippen LogP contribution in [-0.4, -0.2) is 40.2 Å². The van der Waals surface area contributed by atoms with Crippen molar-refractivity contribution in [2.75, 3.05) is 31.1 Å². The van der Waals surface area contributed by atoms with E-state index in [0.29, 0.717) is 6.54 Å². The zero-order valence-electron chi connectivity index (χ0n) is 13.9. The maximum Gasteiger partial charge on any atom is 0.330 e. The molecule has 0 bridgehead atoms. The second kappa shape index (κ2) is 6.83. The molecule has 2 heterocycles. The molecule has 0 N–H and O–H groups in total. The van der Waals surface area contributed by atoms with Gasteiger partial charge in [-0.2, -0.15) is 0 Å². The number of halogens is 1. The van der Waals surface area contributed by atoms with Crippen LogP contribution in [0.3, 0.4) is 0 Å². The van der Waals surface area contributed by atoms with Gasteiger partial charge in [-0.1, -0.05) is 17.7 Å². The lowest BCUT2D eigenvalue weighted by molar-refractivity contribution is 0.243. The van der Waals surface area contributed by atoms with Gasteiger partial charge in [0, 0.05) is 69.3 Å². The van der Waals surface area contributed by atoms with Crippen LogP contribution in [0.1, 0.15) is 5.69 Å². The Morgan fingerprint density at radius 1 is 1.00 bits per heavy atom. The van der Waals surface area contributed by atoms with Gasteiger partial charge in [-0.25, -0.2) is 4.79 Å². The second-order valence-electron chi connectivity index (χ2n) is 6.12. The predicted molar refractivity (Wildman–Crippen MR) is 95.9 cm³/mol. The molecule has 24 heavy (non-hydrogen) atoms. The molecule has 1 saturated heterocycles. The Morgan fingerprint density at radius 2 is 1.71 bits per heavy atom. The smallest absolute Gasteiger partial charge is 0.330 e. The molecule has 0 spiro atoms. The summed E-state index contributed by atoms with van der Waals surface area (Å²) >= 11 is 6.06. The normalized spacial score (nSPS) is 15.7. The third kappa shape index (κ3) is 3.39. The van der Waals surface area contributed by atoms with E-state index < -0.39 is 0 Å². The molecular formula is C17H21ClN4O2. The van der Waals surface area contributed by atoms with Crippen molar-refractivity contribution < 1.29 is 0 Å². The van der Waals surface area contributed by atoms with Crippen LogP contribution in [0.4, 0.5) is 5.69 Å². The first-order valence-electron chi connectivity index (χ1n) is 7.94. The lowest BCUT2D eigenvalue weighted by Gasteiger charge is -2.36. The summed E-state index contributed by atoms with van der Waals surface area (Å²) in [4.78, 5) is 28.4. The third-order valence-electron chi connectivity index (χ3n) is 4.56. The van der Waals surface area contributed by atoms with Crippen molar-refractivity contribution in [3.8, 4) is 0 Å². The van der Waals surface area contributed by atoms with E-state index in [1.54, 1.807) is 17.7 Å². The van der Waals surface area contributed by atoms with Gasteiger partial charge in [0.25, 0.3) is 5.56 Å². The largest absolute Gasteiger partial charge is 0.369 e. The minimum Gasteiger partial charge on any atom is -0.369 e. The van der Waals surface area contributed by atoms with Crippen LogP contribution >= 0.6 is 11.6 Å². The number of nitrogens with zero attached hydrogens (tertiary/aromatic N) is 4. The Kier molecular flexibility index (Phi) is 4.78. The summed E-state index contributed by atoms with van der Waals surface area (Å²) in [6, 6.07) is 9.41. The van der Waals surface area contributed by atoms with Gasteiger partial charge in [0.1, 0.15) is 0 Å². The highest BCUT2D eigenvalue weighted by Gasteiger charge is 2.19. The minimum absolute atomic E-state index is 0.259. The third-order valence-corrected chi connectivity index (χ3v) is 4.79. The Balaban J connectivity index is 1.68. The van der Waals surface area contributed by atoms with E-state index in [-0.39, 0.29) is 11.2 Å². The summed E-state index contributed by atoms with van der Waals surface area (Å²) in [5.74, 6) is 0. The topological polar surface area (TPSA) is 50.5 Å². The molecule has 6 nitrogen and oxygen atoms in total. The summed E-state index contributed by atoms with van der Waals surface area (Å²) in [6.07, 6.45) is 0. The Morgan fingerprint density at radius 3 is 2.38 bits per heavy atom. The van der Waals surface area contributed by atoms with E-state index in [9.17, 15) is 9.59 Å². The van der Waals surface area contributed by atoms with E-state index >= 15 is 0 Å². The summed E-state index contributed by atoms with van der Waals surface area (Å²) in [5.41, 5.74) is 1.34. The van der Waals surface area contributed by atoms with Crippen molar-refractivity contribution in [1.82, 2.24) is 14.0 Å². The van der Waals surface area contributed by atoms with Gasteiger partial charge in [-0.3, -0.25) is 18.8 Å². The van der Waals surface area contributed by atoms with E-state index in [1.165, 1.54) is 7.05 Å². The fraction of sp³-hybridized carbons (Fsp3) is 0.412. The predicted octanol–water partition coefficient (Wildman–Crippen LogP) is 1.06. The maximum absolute atomic E-state index is 12.0. The molecule has 0 aliphatic carbocycles. The number of rotatable bonds is 3. The summed E-state index contributed by atoms with van der Waals surface area (Å²) in [6.45, 7) is 4.12. The first kappa shape index (κ1) is 16.8. The van der Waals surface area contributed by atoms with Crippen LogP contribution < -0.4 is 16.1 Å². The van der Waals surface area contributed by atoms with Crippen molar-refractivity contribution in [2.24, 2.45) is 14.1 Å². The molecule has 0 radical (unpaired) electrons. The SMILES string of the molecule is Cn1c(CN2CCN(c3cccc(Cl)c3)CC2)cc(=O)n(C)c1=O. The van der Waals surface area contributed by atoms with Crippen LogP contribution in [0.2, 0.25) is 5.02 Å². The molecule has 0 amide bonds. The van der Waals surface area contributed by atoms with Crippen LogP contribution in [-0.2, 0) is 20.6 Å². The first-order valence-corrected chi connectivity index (χ1v) is 8.32. The van der Waals surface area contributed by atoms with Gasteiger partial charge in [-0.05, 0) is 18.2 Å². The molecule has 1 aromatic heterocycles. The summed E-state index contributed by atoms with van der Waals surface area (Å²) in [7, 11) is 3.21. The van der Waals surface area contributed by atoms with Crippen molar-refractivity contribution in [3.05, 3.63) is 61.9 Å². The Bertz CT molecular complexity index is 850. The highest BCUT2D eigenvalue weighted by Crippen LogP contribution is 2.21. The molecule has 3 rings (SSSR count). The van der Waals surface area contributed by atoms with Crippen molar-refractivity contribution in [1.29, 1.82) is 0 Å². The average molecular weight is 349 g/mol. The van der Waals surface area contributed by atoms with Gasteiger partial charge in [0.2, 0.25) is 0 Å². The highest BCUT2D eigenvalue weighted by molar-refractivity contribution is 6.30. The lowest BCUT2D eigenvalue weighted by atomic mass is 10.2. The van der Waals surface area contributed by atoms with E-state index in [0.717, 1.165) is 47.2 Å². The van der Waals surface area contributed by atoms with Crippen LogP contribution in [0, 0.1) is 0 Å². The molecule has 0 saturated carbocycles. The number of anilines is 1. The number of hydrogen-bond donors (Lipinski definition) is 0. The van der Waals surface area contributed by atoms with Crippen LogP contribution in [0.5, 0.6) is 0 Å². The average Bonchev–Trinajstić information content (AvgIpc) is 2.58. The number of hydrogen-bond acceptors (Lipinski definition) is 4. The molecule has 2 aromatic rings. The van der Waals surface area contributed by atoms with E-state index in [4.69, 9.17) is 11.6 Å². The van der Waals surface area contributed by atoms with Crippen molar-refractivity contribution in [3.63, 3.8) is 0 Å². The van der Waals surface area contributed by atoms with Gasteiger partial charge in [0.05, 0.1) is 0 Å². The van der Waals surface area contributed by atoms with Gasteiger partial charge < -0.3 is 4.90 Å². The van der Waals surface area contributed by atoms with Gasteiger partial charge >= 0.3 is 5.69 Å². The van der Waals surface area contributed by atoms with Gasteiger partial charge in [0.15, 0.2) is 0 Å². The number of aromatic nitrogens is 2. The molecule has 1 aliphatic rings. The monoisotopic (exact) mass is 348 g/mol.